The normalized spacial score (nSPS) is 19.9. The monoisotopic (exact) mass is 438 g/mol. The van der Waals surface area contributed by atoms with Crippen molar-refractivity contribution in [2.24, 2.45) is 0 Å². The molecule has 0 radical (unpaired) electrons. The molecule has 2 aliphatic heterocycles. The van der Waals surface area contributed by atoms with Crippen molar-refractivity contribution < 1.29 is 9.59 Å². The highest BCUT2D eigenvalue weighted by Crippen LogP contribution is 2.28. The molecule has 2 heterocycles. The molecule has 2 aromatic rings. The van der Waals surface area contributed by atoms with Crippen LogP contribution in [0.1, 0.15) is 65.9 Å². The number of halogens is 1. The zero-order chi connectivity index (χ0) is 21.6. The van der Waals surface area contributed by atoms with Gasteiger partial charge in [-0.1, -0.05) is 48.4 Å². The van der Waals surface area contributed by atoms with Crippen LogP contribution in [0.2, 0.25) is 5.02 Å². The third-order valence-corrected chi connectivity index (χ3v) is 6.86. The summed E-state index contributed by atoms with van der Waals surface area (Å²) in [4.78, 5) is 29.4. The molecule has 2 aromatic carbocycles. The number of carbonyl (C=O) groups is 2. The molecule has 0 aromatic heterocycles. The molecular formula is C26H31ClN2O2. The van der Waals surface area contributed by atoms with Gasteiger partial charge >= 0.3 is 0 Å². The molecule has 4 rings (SSSR count). The Kier molecular flexibility index (Phi) is 7.41. The van der Waals surface area contributed by atoms with Crippen molar-refractivity contribution in [2.45, 2.75) is 50.9 Å². The summed E-state index contributed by atoms with van der Waals surface area (Å²) in [6.45, 7) is 3.86. The van der Waals surface area contributed by atoms with Gasteiger partial charge in [-0.2, -0.15) is 0 Å². The number of benzene rings is 2. The van der Waals surface area contributed by atoms with E-state index in [1.807, 2.05) is 36.4 Å². The molecular weight excluding hydrogens is 408 g/mol. The van der Waals surface area contributed by atoms with Gasteiger partial charge in [0.25, 0.3) is 5.91 Å². The maximum Gasteiger partial charge on any atom is 0.260 e. The largest absolute Gasteiger partial charge is 0.303 e. The van der Waals surface area contributed by atoms with Crippen molar-refractivity contribution in [3.05, 3.63) is 70.2 Å². The second-order valence-corrected chi connectivity index (χ2v) is 9.20. The van der Waals surface area contributed by atoms with Gasteiger partial charge in [0.15, 0.2) is 0 Å². The predicted octanol–water partition coefficient (Wildman–Crippen LogP) is 5.30. The molecule has 0 saturated carbocycles. The van der Waals surface area contributed by atoms with Crippen LogP contribution in [0.3, 0.4) is 0 Å². The second-order valence-electron chi connectivity index (χ2n) is 8.76. The third-order valence-electron chi connectivity index (χ3n) is 6.61. The summed E-state index contributed by atoms with van der Waals surface area (Å²) in [7, 11) is 0. The highest BCUT2D eigenvalue weighted by molar-refractivity contribution is 6.30. The first-order valence-electron chi connectivity index (χ1n) is 11.5. The first kappa shape index (κ1) is 22.0. The molecule has 164 valence electrons. The average molecular weight is 439 g/mol. The summed E-state index contributed by atoms with van der Waals surface area (Å²) in [6, 6.07) is 15.9. The standard InChI is InChI=1S/C26H31ClN2O2/c27-23-13-10-20(11-14-23)22-8-6-17-28(19-22)16-4-1-5-18-29-25(30)15-12-21-7-2-3-9-24(21)26(29)31/h2-3,7,9-11,13-14,22H,1,4-6,8,12,15-19H2. The number of unbranched alkanes of at least 4 members (excludes halogenated alkanes) is 2. The minimum absolute atomic E-state index is 0.0389. The maximum absolute atomic E-state index is 12.8. The SMILES string of the molecule is O=C1CCc2ccccc2C(=O)N1CCCCCN1CCCC(c2ccc(Cl)cc2)C1. The number of hydrogen-bond donors (Lipinski definition) is 0. The number of rotatable bonds is 7. The number of carbonyl (C=O) groups excluding carboxylic acids is 2. The van der Waals surface area contributed by atoms with Gasteiger partial charge in [0.2, 0.25) is 5.91 Å². The molecule has 1 atom stereocenters. The average Bonchev–Trinajstić information content (AvgIpc) is 2.91. The Bertz CT molecular complexity index is 912. The lowest BCUT2D eigenvalue weighted by Gasteiger charge is -2.33. The first-order chi connectivity index (χ1) is 15.1. The molecule has 0 spiro atoms. The van der Waals surface area contributed by atoms with Crippen LogP contribution in [0.25, 0.3) is 0 Å². The van der Waals surface area contributed by atoms with Crippen LogP contribution in [0.15, 0.2) is 48.5 Å². The molecule has 0 bridgehead atoms. The highest BCUT2D eigenvalue weighted by Gasteiger charge is 2.27. The first-order valence-corrected chi connectivity index (χ1v) is 11.9. The minimum atomic E-state index is -0.125. The maximum atomic E-state index is 12.8. The summed E-state index contributed by atoms with van der Waals surface area (Å²) in [6.07, 6.45) is 6.53. The van der Waals surface area contributed by atoms with E-state index < -0.39 is 0 Å². The van der Waals surface area contributed by atoms with Crippen LogP contribution in [-0.4, -0.2) is 47.8 Å². The lowest BCUT2D eigenvalue weighted by atomic mass is 9.90. The Labute approximate surface area is 190 Å². The van der Waals surface area contributed by atoms with Gasteiger partial charge in [-0.3, -0.25) is 14.5 Å². The molecule has 4 nitrogen and oxygen atoms in total. The molecule has 1 unspecified atom stereocenters. The topological polar surface area (TPSA) is 40.6 Å². The number of likely N-dealkylation sites (tertiary alicyclic amines) is 1. The Hall–Kier alpha value is -2.17. The van der Waals surface area contributed by atoms with Gasteiger partial charge in [0, 0.05) is 30.1 Å². The van der Waals surface area contributed by atoms with Crippen LogP contribution in [0.5, 0.6) is 0 Å². The zero-order valence-electron chi connectivity index (χ0n) is 18.1. The molecule has 0 N–H and O–H groups in total. The van der Waals surface area contributed by atoms with Gasteiger partial charge in [-0.05, 0) is 80.4 Å². The van der Waals surface area contributed by atoms with E-state index in [0.29, 0.717) is 30.9 Å². The molecule has 1 fully saturated rings. The van der Waals surface area contributed by atoms with E-state index >= 15 is 0 Å². The van der Waals surface area contributed by atoms with E-state index in [4.69, 9.17) is 11.6 Å². The van der Waals surface area contributed by atoms with E-state index in [0.717, 1.165) is 49.5 Å². The van der Waals surface area contributed by atoms with E-state index in [2.05, 4.69) is 17.0 Å². The number of hydrogen-bond acceptors (Lipinski definition) is 3. The van der Waals surface area contributed by atoms with E-state index in [1.165, 1.54) is 23.3 Å². The second kappa shape index (κ2) is 10.4. The van der Waals surface area contributed by atoms with Gasteiger partial charge < -0.3 is 4.90 Å². The lowest BCUT2D eigenvalue weighted by Crippen LogP contribution is -2.37. The summed E-state index contributed by atoms with van der Waals surface area (Å²) >= 11 is 6.03. The molecule has 2 amide bonds. The fraction of sp³-hybridized carbons (Fsp3) is 0.462. The lowest BCUT2D eigenvalue weighted by molar-refractivity contribution is -0.128. The summed E-state index contributed by atoms with van der Waals surface area (Å²) in [5.41, 5.74) is 3.06. The predicted molar refractivity (Wildman–Crippen MR) is 125 cm³/mol. The fourth-order valence-electron chi connectivity index (χ4n) is 4.86. The molecule has 2 aliphatic rings. The van der Waals surface area contributed by atoms with Crippen LogP contribution in [-0.2, 0) is 11.2 Å². The summed E-state index contributed by atoms with van der Waals surface area (Å²) in [5, 5.41) is 0.793. The van der Waals surface area contributed by atoms with Crippen molar-refractivity contribution in [2.75, 3.05) is 26.2 Å². The van der Waals surface area contributed by atoms with E-state index in [-0.39, 0.29) is 11.8 Å². The van der Waals surface area contributed by atoms with Crippen molar-refractivity contribution in [1.29, 1.82) is 0 Å². The van der Waals surface area contributed by atoms with Crippen molar-refractivity contribution in [3.8, 4) is 0 Å². The molecule has 5 heteroatoms. The zero-order valence-corrected chi connectivity index (χ0v) is 18.8. The van der Waals surface area contributed by atoms with Crippen molar-refractivity contribution >= 4 is 23.4 Å². The van der Waals surface area contributed by atoms with Crippen molar-refractivity contribution in [3.63, 3.8) is 0 Å². The molecule has 1 saturated heterocycles. The number of nitrogens with zero attached hydrogens (tertiary/aromatic N) is 2. The third kappa shape index (κ3) is 5.55. The van der Waals surface area contributed by atoms with Crippen LogP contribution in [0, 0.1) is 0 Å². The van der Waals surface area contributed by atoms with Gasteiger partial charge in [-0.25, -0.2) is 0 Å². The van der Waals surface area contributed by atoms with E-state index in [9.17, 15) is 9.59 Å². The number of piperidine rings is 1. The number of imide groups is 1. The number of fused-ring (bicyclic) bond motifs is 1. The Balaban J connectivity index is 1.22. The quantitative estimate of drug-likeness (QED) is 0.434. The van der Waals surface area contributed by atoms with Gasteiger partial charge in [0.05, 0.1) is 0 Å². The van der Waals surface area contributed by atoms with E-state index in [1.54, 1.807) is 0 Å². The smallest absolute Gasteiger partial charge is 0.260 e. The minimum Gasteiger partial charge on any atom is -0.303 e. The van der Waals surface area contributed by atoms with Crippen molar-refractivity contribution in [1.82, 2.24) is 9.80 Å². The summed E-state index contributed by atoms with van der Waals surface area (Å²) < 4.78 is 0. The fourth-order valence-corrected chi connectivity index (χ4v) is 4.98. The van der Waals surface area contributed by atoms with Crippen LogP contribution >= 0.6 is 11.6 Å². The Morgan fingerprint density at radius 3 is 2.52 bits per heavy atom. The van der Waals surface area contributed by atoms with Crippen LogP contribution < -0.4 is 0 Å². The number of amides is 2. The Morgan fingerprint density at radius 2 is 1.68 bits per heavy atom. The number of aryl methyl sites for hydroxylation is 1. The Morgan fingerprint density at radius 1 is 0.903 bits per heavy atom. The molecule has 31 heavy (non-hydrogen) atoms. The van der Waals surface area contributed by atoms with Gasteiger partial charge in [0.1, 0.15) is 0 Å². The summed E-state index contributed by atoms with van der Waals surface area (Å²) in [5.74, 6) is 0.418. The van der Waals surface area contributed by atoms with Gasteiger partial charge in [-0.15, -0.1) is 0 Å². The highest BCUT2D eigenvalue weighted by atomic mass is 35.5. The molecule has 0 aliphatic carbocycles. The van der Waals surface area contributed by atoms with Crippen LogP contribution in [0.4, 0.5) is 0 Å².